The fourth-order valence-corrected chi connectivity index (χ4v) is 6.99. The summed E-state index contributed by atoms with van der Waals surface area (Å²) in [6, 6.07) is 7.12. The van der Waals surface area contributed by atoms with Gasteiger partial charge < -0.3 is 9.88 Å². The topological polar surface area (TPSA) is 77.6 Å². The summed E-state index contributed by atoms with van der Waals surface area (Å²) in [6.07, 6.45) is 5.28. The van der Waals surface area contributed by atoms with Gasteiger partial charge in [-0.15, -0.1) is 10.2 Å². The molecule has 1 N–H and O–H groups in total. The summed E-state index contributed by atoms with van der Waals surface area (Å²) < 4.78 is 60.4. The molecule has 3 aliphatic rings. The smallest absolute Gasteiger partial charge is 0.320 e. The Bertz CT molecular complexity index is 1710. The van der Waals surface area contributed by atoms with E-state index in [9.17, 15) is 18.0 Å². The third-order valence-corrected chi connectivity index (χ3v) is 9.35. The molecule has 41 heavy (non-hydrogen) atoms. The van der Waals surface area contributed by atoms with Gasteiger partial charge in [0.25, 0.3) is 5.56 Å². The van der Waals surface area contributed by atoms with Crippen LogP contribution in [0.15, 0.2) is 47.8 Å². The summed E-state index contributed by atoms with van der Waals surface area (Å²) in [5.74, 6) is 0.655. The number of aromatic nitrogens is 5. The van der Waals surface area contributed by atoms with Gasteiger partial charge in [0.15, 0.2) is 0 Å². The minimum atomic E-state index is -4.70. The van der Waals surface area contributed by atoms with Crippen LogP contribution in [0, 0.1) is 17.2 Å². The first-order valence-electron chi connectivity index (χ1n) is 14.1. The quantitative estimate of drug-likeness (QED) is 0.302. The van der Waals surface area contributed by atoms with Crippen LogP contribution in [0.1, 0.15) is 67.5 Å². The monoisotopic (exact) mass is 566 g/mol. The Morgan fingerprint density at radius 2 is 1.88 bits per heavy atom. The molecule has 2 aromatic carbocycles. The van der Waals surface area contributed by atoms with E-state index in [4.69, 9.17) is 0 Å². The summed E-state index contributed by atoms with van der Waals surface area (Å²) >= 11 is 0. The number of hydrogen-bond donors (Lipinski definition) is 1. The van der Waals surface area contributed by atoms with Crippen molar-refractivity contribution in [2.75, 3.05) is 6.54 Å². The molecule has 0 radical (unpaired) electrons. The summed E-state index contributed by atoms with van der Waals surface area (Å²) in [5, 5.41) is 11.5. The fraction of sp³-hybridized carbons (Fsp3) is 0.467. The Labute approximate surface area is 233 Å². The molecule has 0 bridgehead atoms. The molecule has 3 aliphatic carbocycles. The van der Waals surface area contributed by atoms with E-state index in [-0.39, 0.29) is 23.0 Å². The lowest BCUT2D eigenvalue weighted by Crippen LogP contribution is -2.54. The number of benzene rings is 2. The first kappa shape index (κ1) is 26.3. The third-order valence-electron chi connectivity index (χ3n) is 9.35. The first-order chi connectivity index (χ1) is 19.6. The lowest BCUT2D eigenvalue weighted by atomic mass is 9.43. The van der Waals surface area contributed by atoms with E-state index < -0.39 is 34.0 Å². The predicted octanol–water partition coefficient (Wildman–Crippen LogP) is 5.42. The lowest BCUT2D eigenvalue weighted by Gasteiger charge is -2.60. The number of halogens is 4. The maximum Gasteiger partial charge on any atom is 0.418 e. The zero-order valence-corrected chi connectivity index (χ0v) is 22.6. The van der Waals surface area contributed by atoms with Crippen molar-refractivity contribution >= 4 is 10.9 Å². The van der Waals surface area contributed by atoms with Crippen LogP contribution in [0.2, 0.25) is 0 Å². The Balaban J connectivity index is 1.33. The fourth-order valence-electron chi connectivity index (χ4n) is 6.99. The van der Waals surface area contributed by atoms with Crippen LogP contribution in [0.5, 0.6) is 0 Å². The number of rotatable bonds is 7. The average molecular weight is 567 g/mol. The second kappa shape index (κ2) is 9.20. The SMILES string of the molecule is Cn1cnnc1C1(c2ccc(F)c(-n3cnc4c(C(F)(F)F)cc(CNCC5CC5)cc4c3=O)c2)CC2(CCC2)C1. The van der Waals surface area contributed by atoms with Gasteiger partial charge in [0.2, 0.25) is 0 Å². The molecule has 3 fully saturated rings. The zero-order chi connectivity index (χ0) is 28.6. The van der Waals surface area contributed by atoms with Gasteiger partial charge in [0.05, 0.1) is 27.6 Å². The minimum absolute atomic E-state index is 0.0520. The molecule has 0 amide bonds. The minimum Gasteiger partial charge on any atom is -0.320 e. The molecule has 7 nitrogen and oxygen atoms in total. The largest absolute Gasteiger partial charge is 0.418 e. The molecule has 1 spiro atoms. The molecule has 0 saturated heterocycles. The van der Waals surface area contributed by atoms with Gasteiger partial charge in [0, 0.05) is 13.6 Å². The van der Waals surface area contributed by atoms with Gasteiger partial charge in [-0.1, -0.05) is 12.5 Å². The van der Waals surface area contributed by atoms with E-state index in [1.807, 2.05) is 11.6 Å². The number of nitrogens with one attached hydrogen (secondary N) is 1. The van der Waals surface area contributed by atoms with E-state index in [1.54, 1.807) is 18.5 Å². The van der Waals surface area contributed by atoms with Crippen molar-refractivity contribution in [1.29, 1.82) is 0 Å². The molecule has 11 heteroatoms. The highest BCUT2D eigenvalue weighted by Crippen LogP contribution is 2.66. The molecule has 0 unspecified atom stereocenters. The normalized spacial score (nSPS) is 19.3. The second-order valence-corrected chi connectivity index (χ2v) is 12.3. The van der Waals surface area contributed by atoms with E-state index in [1.165, 1.54) is 18.6 Å². The molecular formula is C30H30F4N6O. The van der Waals surface area contributed by atoms with Gasteiger partial charge in [-0.3, -0.25) is 9.36 Å². The highest BCUT2D eigenvalue weighted by atomic mass is 19.4. The van der Waals surface area contributed by atoms with Crippen LogP contribution >= 0.6 is 0 Å². The molecule has 7 rings (SSSR count). The highest BCUT2D eigenvalue weighted by molar-refractivity contribution is 5.82. The van der Waals surface area contributed by atoms with Gasteiger partial charge in [-0.2, -0.15) is 13.2 Å². The molecular weight excluding hydrogens is 536 g/mol. The summed E-state index contributed by atoms with van der Waals surface area (Å²) in [7, 11) is 1.88. The highest BCUT2D eigenvalue weighted by Gasteiger charge is 2.60. The number of alkyl halides is 3. The van der Waals surface area contributed by atoms with Crippen molar-refractivity contribution in [3.8, 4) is 5.69 Å². The predicted molar refractivity (Wildman–Crippen MR) is 144 cm³/mol. The first-order valence-corrected chi connectivity index (χ1v) is 14.1. The van der Waals surface area contributed by atoms with Crippen molar-refractivity contribution in [1.82, 2.24) is 29.6 Å². The van der Waals surface area contributed by atoms with Crippen molar-refractivity contribution in [2.24, 2.45) is 18.4 Å². The Hall–Kier alpha value is -3.60. The van der Waals surface area contributed by atoms with Gasteiger partial charge in [-0.05, 0) is 91.8 Å². The number of hydrogen-bond acceptors (Lipinski definition) is 5. The Kier molecular flexibility index (Phi) is 5.91. The van der Waals surface area contributed by atoms with Gasteiger partial charge in [0.1, 0.15) is 24.3 Å². The second-order valence-electron chi connectivity index (χ2n) is 12.3. The van der Waals surface area contributed by atoms with Crippen LogP contribution in [0.4, 0.5) is 17.6 Å². The average Bonchev–Trinajstić information content (AvgIpc) is 3.61. The van der Waals surface area contributed by atoms with E-state index >= 15 is 4.39 Å². The Morgan fingerprint density at radius 3 is 2.51 bits per heavy atom. The summed E-state index contributed by atoms with van der Waals surface area (Å²) in [6.45, 7) is 0.902. The van der Waals surface area contributed by atoms with Crippen LogP contribution in [0.25, 0.3) is 16.6 Å². The number of aryl methyl sites for hydroxylation is 1. The molecule has 2 heterocycles. The van der Waals surface area contributed by atoms with E-state index in [2.05, 4.69) is 20.5 Å². The van der Waals surface area contributed by atoms with Crippen molar-refractivity contribution < 1.29 is 17.6 Å². The number of nitrogens with zero attached hydrogens (tertiary/aromatic N) is 5. The van der Waals surface area contributed by atoms with Crippen LogP contribution in [-0.2, 0) is 25.2 Å². The Morgan fingerprint density at radius 1 is 1.10 bits per heavy atom. The maximum absolute atomic E-state index is 15.4. The van der Waals surface area contributed by atoms with Crippen molar-refractivity contribution in [3.05, 3.63) is 81.7 Å². The standard InChI is InChI=1S/C30H30F4N6O/c1-39-17-37-38-27(39)29(14-28(15-29)7-2-8-28)20-5-6-23(31)24(11-20)40-16-36-25-21(26(40)41)9-19(10-22(25)30(32,33)34)13-35-12-18-3-4-18/h5-6,9-11,16-18,35H,2-4,7-8,12-15H2,1H3. The molecule has 3 saturated carbocycles. The lowest BCUT2D eigenvalue weighted by molar-refractivity contribution is -0.136. The molecule has 214 valence electrons. The molecule has 2 aromatic heterocycles. The van der Waals surface area contributed by atoms with Gasteiger partial charge >= 0.3 is 6.18 Å². The third kappa shape index (κ3) is 4.36. The zero-order valence-electron chi connectivity index (χ0n) is 22.6. The molecule has 0 atom stereocenters. The molecule has 4 aromatic rings. The van der Waals surface area contributed by atoms with E-state index in [0.29, 0.717) is 18.0 Å². The van der Waals surface area contributed by atoms with Crippen LogP contribution in [0.3, 0.4) is 0 Å². The summed E-state index contributed by atoms with van der Waals surface area (Å²) in [5.41, 5.74) is -1.35. The van der Waals surface area contributed by atoms with Crippen LogP contribution < -0.4 is 10.9 Å². The van der Waals surface area contributed by atoms with Gasteiger partial charge in [-0.25, -0.2) is 9.37 Å². The number of fused-ring (bicyclic) bond motifs is 1. The van der Waals surface area contributed by atoms with Crippen LogP contribution in [-0.4, -0.2) is 30.9 Å². The van der Waals surface area contributed by atoms with Crippen molar-refractivity contribution in [3.63, 3.8) is 0 Å². The molecule has 0 aliphatic heterocycles. The maximum atomic E-state index is 15.4. The summed E-state index contributed by atoms with van der Waals surface area (Å²) in [4.78, 5) is 17.8. The van der Waals surface area contributed by atoms with Crippen molar-refractivity contribution in [2.45, 2.75) is 63.1 Å². The van der Waals surface area contributed by atoms with E-state index in [0.717, 1.165) is 66.9 Å².